The molecule has 2 N–H and O–H groups in total. The Hall–Kier alpha value is -1.77. The summed E-state index contributed by atoms with van der Waals surface area (Å²) in [5, 5.41) is 3.41. The van der Waals surface area contributed by atoms with Gasteiger partial charge in [-0.15, -0.1) is 0 Å². The zero-order valence-corrected chi connectivity index (χ0v) is 8.50. The first-order valence-electron chi connectivity index (χ1n) is 4.83. The Morgan fingerprint density at radius 2 is 2.07 bits per heavy atom. The summed E-state index contributed by atoms with van der Waals surface area (Å²) in [5.74, 6) is 0. The van der Waals surface area contributed by atoms with E-state index >= 15 is 0 Å². The molecule has 4 heteroatoms. The summed E-state index contributed by atoms with van der Waals surface area (Å²) in [6.07, 6.45) is 4.67. The lowest BCUT2D eigenvalue weighted by Crippen LogP contribution is -2.02. The molecular weight excluding hydrogens is 188 g/mol. The van der Waals surface area contributed by atoms with E-state index in [1.807, 2.05) is 24.3 Å². The molecule has 0 unspecified atom stereocenters. The lowest BCUT2D eigenvalue weighted by atomic mass is 10.1. The number of hydrogen-bond acceptors (Lipinski definition) is 2. The number of rotatable bonds is 5. The van der Waals surface area contributed by atoms with Gasteiger partial charge in [-0.25, -0.2) is 0 Å². The van der Waals surface area contributed by atoms with Gasteiger partial charge < -0.3 is 5.73 Å². The number of nitrogens with two attached hydrogens (primary N) is 1. The molecule has 1 aromatic rings. The SMILES string of the molecule is [N-]=[N+]=NCC=Cc1ccc(CCN)cc1. The van der Waals surface area contributed by atoms with Crippen LogP contribution in [0.3, 0.4) is 0 Å². The van der Waals surface area contributed by atoms with E-state index < -0.39 is 0 Å². The molecule has 0 saturated carbocycles. The summed E-state index contributed by atoms with van der Waals surface area (Å²) < 4.78 is 0. The first-order valence-corrected chi connectivity index (χ1v) is 4.83. The van der Waals surface area contributed by atoms with E-state index in [2.05, 4.69) is 22.2 Å². The topological polar surface area (TPSA) is 74.8 Å². The van der Waals surface area contributed by atoms with E-state index in [0.29, 0.717) is 13.1 Å². The molecule has 0 atom stereocenters. The van der Waals surface area contributed by atoms with Gasteiger partial charge in [0.15, 0.2) is 0 Å². The van der Waals surface area contributed by atoms with Gasteiger partial charge in [0.05, 0.1) is 0 Å². The second-order valence-electron chi connectivity index (χ2n) is 3.10. The zero-order valence-electron chi connectivity index (χ0n) is 8.50. The molecule has 1 aromatic carbocycles. The molecule has 78 valence electrons. The molecule has 1 rings (SSSR count). The molecule has 0 amide bonds. The highest BCUT2D eigenvalue weighted by atomic mass is 15.1. The van der Waals surface area contributed by atoms with Gasteiger partial charge in [-0.2, -0.15) is 0 Å². The zero-order chi connectivity index (χ0) is 10.9. The van der Waals surface area contributed by atoms with Crippen LogP contribution in [0.1, 0.15) is 11.1 Å². The maximum atomic E-state index is 8.07. The van der Waals surface area contributed by atoms with Crippen molar-refractivity contribution >= 4 is 6.08 Å². The van der Waals surface area contributed by atoms with Crippen LogP contribution in [-0.4, -0.2) is 13.1 Å². The summed E-state index contributed by atoms with van der Waals surface area (Å²) in [6, 6.07) is 8.16. The van der Waals surface area contributed by atoms with E-state index in [0.717, 1.165) is 12.0 Å². The van der Waals surface area contributed by atoms with Crippen molar-refractivity contribution in [2.75, 3.05) is 13.1 Å². The number of nitrogens with zero attached hydrogens (tertiary/aromatic N) is 3. The first-order chi connectivity index (χ1) is 7.36. The number of azide groups is 1. The van der Waals surface area contributed by atoms with E-state index in [1.54, 1.807) is 0 Å². The van der Waals surface area contributed by atoms with Crippen molar-refractivity contribution in [2.24, 2.45) is 10.8 Å². The molecule has 0 bridgehead atoms. The third-order valence-electron chi connectivity index (χ3n) is 1.97. The van der Waals surface area contributed by atoms with Crippen LogP contribution < -0.4 is 5.73 Å². The Kier molecular flexibility index (Phi) is 5.01. The molecule has 15 heavy (non-hydrogen) atoms. The molecule has 4 nitrogen and oxygen atoms in total. The standard InChI is InChI=1S/C11H14N4/c12-8-7-11-5-3-10(4-6-11)2-1-9-14-15-13/h1-6H,7-9,12H2. The fraction of sp³-hybridized carbons (Fsp3) is 0.273. The summed E-state index contributed by atoms with van der Waals surface area (Å²) >= 11 is 0. The smallest absolute Gasteiger partial charge is 0.0443 e. The highest BCUT2D eigenvalue weighted by Gasteiger charge is 1.90. The molecule has 0 aromatic heterocycles. The number of benzene rings is 1. The quantitative estimate of drug-likeness (QED) is 0.444. The highest BCUT2D eigenvalue weighted by molar-refractivity contribution is 5.49. The Morgan fingerprint density at radius 1 is 1.33 bits per heavy atom. The lowest BCUT2D eigenvalue weighted by Gasteiger charge is -1.98. The molecule has 0 aliphatic carbocycles. The average molecular weight is 202 g/mol. The van der Waals surface area contributed by atoms with Crippen molar-refractivity contribution in [3.8, 4) is 0 Å². The van der Waals surface area contributed by atoms with Crippen LogP contribution in [0.15, 0.2) is 35.5 Å². The summed E-state index contributed by atoms with van der Waals surface area (Å²) in [6.45, 7) is 1.06. The van der Waals surface area contributed by atoms with E-state index in [9.17, 15) is 0 Å². The van der Waals surface area contributed by atoms with Crippen molar-refractivity contribution in [1.82, 2.24) is 0 Å². The van der Waals surface area contributed by atoms with Crippen LogP contribution in [0.4, 0.5) is 0 Å². The fourth-order valence-electron chi connectivity index (χ4n) is 1.23. The molecule has 0 aliphatic heterocycles. The Balaban J connectivity index is 2.55. The summed E-state index contributed by atoms with van der Waals surface area (Å²) in [7, 11) is 0. The van der Waals surface area contributed by atoms with Gasteiger partial charge in [-0.1, -0.05) is 41.5 Å². The van der Waals surface area contributed by atoms with Crippen LogP contribution in [0.2, 0.25) is 0 Å². The van der Waals surface area contributed by atoms with E-state index in [1.165, 1.54) is 5.56 Å². The van der Waals surface area contributed by atoms with Crippen molar-refractivity contribution in [3.63, 3.8) is 0 Å². The predicted octanol–water partition coefficient (Wildman–Crippen LogP) is 2.51. The largest absolute Gasteiger partial charge is 0.330 e. The molecule has 0 aliphatic rings. The third kappa shape index (κ3) is 4.31. The normalized spacial score (nSPS) is 10.2. The van der Waals surface area contributed by atoms with Gasteiger partial charge in [-0.05, 0) is 29.6 Å². The summed E-state index contributed by atoms with van der Waals surface area (Å²) in [4.78, 5) is 2.67. The first kappa shape index (κ1) is 11.3. The maximum Gasteiger partial charge on any atom is 0.0443 e. The molecule has 0 spiro atoms. The van der Waals surface area contributed by atoms with E-state index in [-0.39, 0.29) is 0 Å². The van der Waals surface area contributed by atoms with Crippen molar-refractivity contribution < 1.29 is 0 Å². The minimum absolute atomic E-state index is 0.390. The van der Waals surface area contributed by atoms with Crippen LogP contribution in [0.5, 0.6) is 0 Å². The predicted molar refractivity (Wildman–Crippen MR) is 62.2 cm³/mol. The van der Waals surface area contributed by atoms with Crippen molar-refractivity contribution in [2.45, 2.75) is 6.42 Å². The second-order valence-corrected chi connectivity index (χ2v) is 3.10. The molecular formula is C11H14N4. The van der Waals surface area contributed by atoms with Gasteiger partial charge in [0, 0.05) is 11.5 Å². The fourth-order valence-corrected chi connectivity index (χ4v) is 1.23. The van der Waals surface area contributed by atoms with Gasteiger partial charge in [0.25, 0.3) is 0 Å². The van der Waals surface area contributed by atoms with E-state index in [4.69, 9.17) is 11.3 Å². The van der Waals surface area contributed by atoms with Crippen LogP contribution >= 0.6 is 0 Å². The van der Waals surface area contributed by atoms with Crippen molar-refractivity contribution in [1.29, 1.82) is 0 Å². The van der Waals surface area contributed by atoms with Crippen LogP contribution in [0.25, 0.3) is 16.5 Å². The molecule has 0 heterocycles. The Labute approximate surface area is 89.0 Å². The van der Waals surface area contributed by atoms with Gasteiger partial charge in [0.2, 0.25) is 0 Å². The van der Waals surface area contributed by atoms with Crippen LogP contribution in [-0.2, 0) is 6.42 Å². The Bertz CT molecular complexity index is 361. The van der Waals surface area contributed by atoms with Crippen LogP contribution in [0, 0.1) is 0 Å². The molecule has 0 fully saturated rings. The Morgan fingerprint density at radius 3 is 2.67 bits per heavy atom. The highest BCUT2D eigenvalue weighted by Crippen LogP contribution is 2.06. The van der Waals surface area contributed by atoms with Gasteiger partial charge in [-0.3, -0.25) is 0 Å². The minimum atomic E-state index is 0.390. The van der Waals surface area contributed by atoms with Crippen molar-refractivity contribution in [3.05, 3.63) is 51.9 Å². The van der Waals surface area contributed by atoms with Gasteiger partial charge in [0.1, 0.15) is 0 Å². The molecule has 0 saturated heterocycles. The van der Waals surface area contributed by atoms with Gasteiger partial charge >= 0.3 is 0 Å². The monoisotopic (exact) mass is 202 g/mol. The maximum absolute atomic E-state index is 8.07. The minimum Gasteiger partial charge on any atom is -0.330 e. The molecule has 0 radical (unpaired) electrons. The lowest BCUT2D eigenvalue weighted by molar-refractivity contribution is 0.969. The number of hydrogen-bond donors (Lipinski definition) is 1. The third-order valence-corrected chi connectivity index (χ3v) is 1.97. The average Bonchev–Trinajstić information content (AvgIpc) is 2.27. The second kappa shape index (κ2) is 6.65. The summed E-state index contributed by atoms with van der Waals surface area (Å²) in [5.41, 5.74) is 15.9.